The van der Waals surface area contributed by atoms with Crippen LogP contribution < -0.4 is 15.4 Å². The molecule has 24 heavy (non-hydrogen) atoms. The van der Waals surface area contributed by atoms with Gasteiger partial charge in [-0.1, -0.05) is 41.9 Å². The van der Waals surface area contributed by atoms with Gasteiger partial charge in [-0.05, 0) is 42.2 Å². The van der Waals surface area contributed by atoms with Gasteiger partial charge in [0, 0.05) is 18.1 Å². The van der Waals surface area contributed by atoms with Gasteiger partial charge < -0.3 is 15.4 Å². The van der Waals surface area contributed by atoms with E-state index in [1.807, 2.05) is 24.3 Å². The second-order valence-corrected chi connectivity index (χ2v) is 6.29. The maximum atomic E-state index is 5.85. The smallest absolute Gasteiger partial charge is 0.191 e. The first-order chi connectivity index (χ1) is 11.8. The summed E-state index contributed by atoms with van der Waals surface area (Å²) in [6, 6.07) is 17.9. The maximum absolute atomic E-state index is 5.85. The molecule has 2 aromatic carbocycles. The number of benzene rings is 2. The van der Waals surface area contributed by atoms with Crippen LogP contribution in [0.5, 0.6) is 5.75 Å². The van der Waals surface area contributed by atoms with Gasteiger partial charge in [0.25, 0.3) is 0 Å². The van der Waals surface area contributed by atoms with Crippen LogP contribution in [-0.4, -0.2) is 32.2 Å². The third-order valence-electron chi connectivity index (χ3n) is 3.91. The summed E-state index contributed by atoms with van der Waals surface area (Å²) in [5, 5.41) is 7.35. The van der Waals surface area contributed by atoms with Crippen molar-refractivity contribution in [2.45, 2.75) is 6.42 Å². The van der Waals surface area contributed by atoms with Crippen molar-refractivity contribution in [1.82, 2.24) is 10.6 Å². The Balaban J connectivity index is 1.36. The number of hydrogen-bond acceptors (Lipinski definition) is 4. The molecule has 3 rings (SSSR count). The van der Waals surface area contributed by atoms with Crippen molar-refractivity contribution in [3.8, 4) is 5.75 Å². The van der Waals surface area contributed by atoms with Crippen LogP contribution in [0.15, 0.2) is 59.6 Å². The fourth-order valence-electron chi connectivity index (χ4n) is 2.65. The number of nitrogens with one attached hydrogen (secondary N) is 2. The molecule has 0 saturated carbocycles. The van der Waals surface area contributed by atoms with Crippen molar-refractivity contribution < 1.29 is 4.74 Å². The molecule has 0 amide bonds. The molecule has 0 spiro atoms. The minimum atomic E-state index is 0.545. The van der Waals surface area contributed by atoms with Gasteiger partial charge in [-0.15, -0.1) is 0 Å². The van der Waals surface area contributed by atoms with E-state index in [-0.39, 0.29) is 0 Å². The Morgan fingerprint density at radius 1 is 1.12 bits per heavy atom. The van der Waals surface area contributed by atoms with Gasteiger partial charge >= 0.3 is 0 Å². The van der Waals surface area contributed by atoms with E-state index in [1.54, 1.807) is 0 Å². The summed E-state index contributed by atoms with van der Waals surface area (Å²) in [7, 11) is 0. The quantitative estimate of drug-likeness (QED) is 0.792. The van der Waals surface area contributed by atoms with Crippen molar-refractivity contribution in [3.05, 3.63) is 65.2 Å². The van der Waals surface area contributed by atoms with Gasteiger partial charge in [0.2, 0.25) is 0 Å². The molecule has 126 valence electrons. The summed E-state index contributed by atoms with van der Waals surface area (Å²) in [5.41, 5.74) is 1.37. The number of halogens is 1. The monoisotopic (exact) mass is 343 g/mol. The molecule has 2 N–H and O–H groups in total. The highest BCUT2D eigenvalue weighted by atomic mass is 35.5. The standard InChI is InChI=1S/C19H22ClN3O/c20-17-6-8-18(9-7-17)24-11-10-21-19-22-13-16(14-23-19)12-15-4-2-1-3-5-15/h1-9,16H,10-14H2,(H2,21,22,23). The van der Waals surface area contributed by atoms with E-state index in [2.05, 4.69) is 46.0 Å². The molecule has 0 aromatic heterocycles. The summed E-state index contributed by atoms with van der Waals surface area (Å²) >= 11 is 5.85. The summed E-state index contributed by atoms with van der Waals surface area (Å²) in [5.74, 6) is 2.23. The van der Waals surface area contributed by atoms with Crippen molar-refractivity contribution in [1.29, 1.82) is 0 Å². The largest absolute Gasteiger partial charge is 0.492 e. The molecule has 0 bridgehead atoms. The van der Waals surface area contributed by atoms with Gasteiger partial charge in [0.05, 0.1) is 6.54 Å². The van der Waals surface area contributed by atoms with Crippen LogP contribution in [0.3, 0.4) is 0 Å². The minimum absolute atomic E-state index is 0.545. The minimum Gasteiger partial charge on any atom is -0.492 e. The van der Waals surface area contributed by atoms with E-state index in [9.17, 15) is 0 Å². The average molecular weight is 344 g/mol. The average Bonchev–Trinajstić information content (AvgIpc) is 2.62. The molecule has 5 heteroatoms. The zero-order valence-corrected chi connectivity index (χ0v) is 14.3. The summed E-state index contributed by atoms with van der Waals surface area (Å²) in [4.78, 5) is 4.58. The van der Waals surface area contributed by atoms with Crippen LogP contribution in [-0.2, 0) is 6.42 Å². The Labute approximate surface area is 147 Å². The van der Waals surface area contributed by atoms with Crippen molar-refractivity contribution >= 4 is 17.6 Å². The molecule has 2 aromatic rings. The van der Waals surface area contributed by atoms with E-state index in [1.165, 1.54) is 5.56 Å². The van der Waals surface area contributed by atoms with Crippen LogP contribution in [0.1, 0.15) is 5.56 Å². The predicted octanol–water partition coefficient (Wildman–Crippen LogP) is 3.13. The van der Waals surface area contributed by atoms with Gasteiger partial charge in [0.15, 0.2) is 5.96 Å². The highest BCUT2D eigenvalue weighted by molar-refractivity contribution is 6.30. The van der Waals surface area contributed by atoms with Crippen LogP contribution in [0.2, 0.25) is 5.02 Å². The Bertz CT molecular complexity index is 658. The Hall–Kier alpha value is -2.20. The lowest BCUT2D eigenvalue weighted by Gasteiger charge is -2.23. The van der Waals surface area contributed by atoms with Crippen LogP contribution >= 0.6 is 11.6 Å². The summed E-state index contributed by atoms with van der Waals surface area (Å²) < 4.78 is 5.65. The third-order valence-corrected chi connectivity index (χ3v) is 4.16. The van der Waals surface area contributed by atoms with Crippen molar-refractivity contribution in [2.75, 3.05) is 26.2 Å². The van der Waals surface area contributed by atoms with Gasteiger partial charge in [-0.25, -0.2) is 0 Å². The van der Waals surface area contributed by atoms with Gasteiger partial charge in [0.1, 0.15) is 12.4 Å². The normalized spacial score (nSPS) is 16.9. The fourth-order valence-corrected chi connectivity index (χ4v) is 2.78. The van der Waals surface area contributed by atoms with Gasteiger partial charge in [-0.2, -0.15) is 0 Å². The first kappa shape index (κ1) is 16.7. The summed E-state index contributed by atoms with van der Waals surface area (Å²) in [6.45, 7) is 3.08. The number of ether oxygens (including phenoxy) is 1. The zero-order chi connectivity index (χ0) is 16.6. The molecule has 1 heterocycles. The number of aliphatic imine (C=N–C) groups is 1. The molecule has 0 saturated heterocycles. The van der Waals surface area contributed by atoms with Crippen LogP contribution in [0.25, 0.3) is 0 Å². The SMILES string of the molecule is Clc1ccc(OCCNC2=NCC(Cc3ccccc3)CN2)cc1. The predicted molar refractivity (Wildman–Crippen MR) is 98.9 cm³/mol. The van der Waals surface area contributed by atoms with E-state index >= 15 is 0 Å². The Kier molecular flexibility index (Phi) is 5.96. The molecule has 1 atom stereocenters. The van der Waals surface area contributed by atoms with Crippen molar-refractivity contribution in [2.24, 2.45) is 10.9 Å². The molecule has 0 fully saturated rings. The third kappa shape index (κ3) is 5.17. The van der Waals surface area contributed by atoms with Crippen molar-refractivity contribution in [3.63, 3.8) is 0 Å². The summed E-state index contributed by atoms with van der Waals surface area (Å²) in [6.07, 6.45) is 1.06. The second kappa shape index (κ2) is 8.60. The highest BCUT2D eigenvalue weighted by Gasteiger charge is 2.15. The lowest BCUT2D eigenvalue weighted by molar-refractivity contribution is 0.321. The molecule has 1 aliphatic heterocycles. The molecule has 1 aliphatic rings. The molecular formula is C19H22ClN3O. The molecular weight excluding hydrogens is 322 g/mol. The van der Waals surface area contributed by atoms with Crippen LogP contribution in [0.4, 0.5) is 0 Å². The van der Waals surface area contributed by atoms with Crippen LogP contribution in [0, 0.1) is 5.92 Å². The number of guanidine groups is 1. The first-order valence-electron chi connectivity index (χ1n) is 8.24. The first-order valence-corrected chi connectivity index (χ1v) is 8.62. The Morgan fingerprint density at radius 2 is 1.92 bits per heavy atom. The van der Waals surface area contributed by atoms with E-state index in [0.29, 0.717) is 24.1 Å². The van der Waals surface area contributed by atoms with E-state index < -0.39 is 0 Å². The molecule has 0 radical (unpaired) electrons. The number of nitrogens with zero attached hydrogens (tertiary/aromatic N) is 1. The lowest BCUT2D eigenvalue weighted by atomic mass is 9.99. The number of hydrogen-bond donors (Lipinski definition) is 2. The zero-order valence-electron chi connectivity index (χ0n) is 13.5. The van der Waals surface area contributed by atoms with Gasteiger partial charge in [-0.3, -0.25) is 4.99 Å². The van der Waals surface area contributed by atoms with E-state index in [0.717, 1.165) is 31.2 Å². The molecule has 0 aliphatic carbocycles. The lowest BCUT2D eigenvalue weighted by Crippen LogP contribution is -2.45. The molecule has 1 unspecified atom stereocenters. The molecule has 4 nitrogen and oxygen atoms in total. The Morgan fingerprint density at radius 3 is 2.62 bits per heavy atom. The fraction of sp³-hybridized carbons (Fsp3) is 0.316. The second-order valence-electron chi connectivity index (χ2n) is 5.86. The number of rotatable bonds is 6. The highest BCUT2D eigenvalue weighted by Crippen LogP contribution is 2.15. The topological polar surface area (TPSA) is 45.6 Å². The maximum Gasteiger partial charge on any atom is 0.191 e. The van der Waals surface area contributed by atoms with E-state index in [4.69, 9.17) is 16.3 Å².